The molecule has 0 aliphatic heterocycles. The van der Waals surface area contributed by atoms with Gasteiger partial charge in [-0.1, -0.05) is 25.7 Å². The predicted octanol–water partition coefficient (Wildman–Crippen LogP) is 1.68. The smallest absolute Gasteiger partial charge is 0.198 e. The number of hydrogen-bond acceptors (Lipinski definition) is 1. The molecule has 1 heteroatoms. The van der Waals surface area contributed by atoms with E-state index in [2.05, 4.69) is 0 Å². The van der Waals surface area contributed by atoms with Crippen LogP contribution in [0.3, 0.4) is 0 Å². The monoisotopic (exact) mass is 111 g/mol. The quantitative estimate of drug-likeness (QED) is 0.529. The fourth-order valence-corrected chi connectivity index (χ4v) is 1.33. The van der Waals surface area contributed by atoms with Crippen molar-refractivity contribution in [3.63, 3.8) is 0 Å². The third kappa shape index (κ3) is 1.32. The van der Waals surface area contributed by atoms with Crippen LogP contribution < -0.4 is 0 Å². The van der Waals surface area contributed by atoms with Gasteiger partial charge in [0.15, 0.2) is 6.29 Å². The van der Waals surface area contributed by atoms with Gasteiger partial charge in [-0.15, -0.1) is 0 Å². The summed E-state index contributed by atoms with van der Waals surface area (Å²) in [6.45, 7) is 0. The fraction of sp³-hybridized carbons (Fsp3) is 0.857. The first-order valence-electron chi connectivity index (χ1n) is 3.28. The summed E-state index contributed by atoms with van der Waals surface area (Å²) in [5.74, 6) is 0.687. The minimum atomic E-state index is 0.681. The van der Waals surface area contributed by atoms with Crippen LogP contribution in [-0.2, 0) is 4.79 Å². The van der Waals surface area contributed by atoms with Gasteiger partial charge < -0.3 is 0 Å². The molecule has 1 rings (SSSR count). The zero-order valence-electron chi connectivity index (χ0n) is 5.02. The van der Waals surface area contributed by atoms with E-state index < -0.39 is 0 Å². The zero-order valence-corrected chi connectivity index (χ0v) is 5.02. The molecule has 0 saturated heterocycles. The summed E-state index contributed by atoms with van der Waals surface area (Å²) in [6.07, 6.45) is 7.81. The molecule has 0 amide bonds. The Bertz CT molecular complexity index is 72.5. The van der Waals surface area contributed by atoms with Crippen molar-refractivity contribution in [3.8, 4) is 0 Å². The Morgan fingerprint density at radius 3 is 2.50 bits per heavy atom. The molecule has 0 aromatic rings. The molecule has 0 heterocycles. The SMILES string of the molecule is O=[C]CC1CCCC1. The zero-order chi connectivity index (χ0) is 5.82. The molecule has 0 spiro atoms. The maximum atomic E-state index is 9.84. The lowest BCUT2D eigenvalue weighted by atomic mass is 10.1. The van der Waals surface area contributed by atoms with Crippen LogP contribution in [0.5, 0.6) is 0 Å². The molecule has 1 nitrogen and oxygen atoms in total. The summed E-state index contributed by atoms with van der Waals surface area (Å²) in [7, 11) is 0. The number of carbonyl (C=O) groups excluding carboxylic acids is 1. The molecule has 1 radical (unpaired) electrons. The van der Waals surface area contributed by atoms with Crippen LogP contribution in [0, 0.1) is 5.92 Å². The summed E-state index contributed by atoms with van der Waals surface area (Å²) in [4.78, 5) is 9.84. The van der Waals surface area contributed by atoms with Crippen molar-refractivity contribution >= 4 is 6.29 Å². The maximum Gasteiger partial charge on any atom is 0.198 e. The third-order valence-corrected chi connectivity index (χ3v) is 1.85. The topological polar surface area (TPSA) is 17.1 Å². The van der Waals surface area contributed by atoms with Crippen molar-refractivity contribution < 1.29 is 4.79 Å². The van der Waals surface area contributed by atoms with Crippen molar-refractivity contribution in [2.24, 2.45) is 5.92 Å². The van der Waals surface area contributed by atoms with Crippen LogP contribution in [0.2, 0.25) is 0 Å². The molecule has 0 N–H and O–H groups in total. The lowest BCUT2D eigenvalue weighted by molar-refractivity contribution is 0.511. The Hall–Kier alpha value is -0.330. The summed E-state index contributed by atoms with van der Waals surface area (Å²) in [6, 6.07) is 0. The van der Waals surface area contributed by atoms with Crippen molar-refractivity contribution in [1.29, 1.82) is 0 Å². The van der Waals surface area contributed by atoms with Crippen molar-refractivity contribution in [1.82, 2.24) is 0 Å². The Morgan fingerprint density at radius 2 is 2.00 bits per heavy atom. The first-order valence-corrected chi connectivity index (χ1v) is 3.28. The highest BCUT2D eigenvalue weighted by Gasteiger charge is 2.13. The minimum absolute atomic E-state index is 0.681. The molecular formula is C7H11O. The van der Waals surface area contributed by atoms with Gasteiger partial charge in [-0.3, -0.25) is 4.79 Å². The van der Waals surface area contributed by atoms with Gasteiger partial charge in [-0.25, -0.2) is 0 Å². The van der Waals surface area contributed by atoms with Crippen molar-refractivity contribution in [3.05, 3.63) is 0 Å². The average molecular weight is 111 g/mol. The molecule has 8 heavy (non-hydrogen) atoms. The lowest BCUT2D eigenvalue weighted by Crippen LogP contribution is -1.91. The van der Waals surface area contributed by atoms with E-state index in [0.29, 0.717) is 12.3 Å². The second-order valence-corrected chi connectivity index (χ2v) is 2.50. The van der Waals surface area contributed by atoms with Crippen molar-refractivity contribution in [2.45, 2.75) is 32.1 Å². The molecule has 1 aliphatic carbocycles. The van der Waals surface area contributed by atoms with Gasteiger partial charge in [-0.05, 0) is 5.92 Å². The molecule has 0 unspecified atom stereocenters. The van der Waals surface area contributed by atoms with Crippen molar-refractivity contribution in [2.75, 3.05) is 0 Å². The first kappa shape index (κ1) is 5.80. The van der Waals surface area contributed by atoms with Crippen LogP contribution in [0.15, 0.2) is 0 Å². The first-order chi connectivity index (χ1) is 3.93. The maximum absolute atomic E-state index is 9.84. The standard InChI is InChI=1S/C7H11O/c8-6-5-7-3-1-2-4-7/h7H,1-5H2. The normalized spacial score (nSPS) is 21.5. The fourth-order valence-electron chi connectivity index (χ4n) is 1.33. The molecular weight excluding hydrogens is 100 g/mol. The number of rotatable bonds is 2. The molecule has 1 saturated carbocycles. The van der Waals surface area contributed by atoms with E-state index in [9.17, 15) is 4.79 Å². The van der Waals surface area contributed by atoms with Crippen LogP contribution in [0.4, 0.5) is 0 Å². The Morgan fingerprint density at radius 1 is 1.38 bits per heavy atom. The second kappa shape index (κ2) is 2.85. The Kier molecular flexibility index (Phi) is 2.07. The highest BCUT2D eigenvalue weighted by Crippen LogP contribution is 2.26. The van der Waals surface area contributed by atoms with Crippen LogP contribution in [-0.4, -0.2) is 6.29 Å². The van der Waals surface area contributed by atoms with Gasteiger partial charge in [0, 0.05) is 6.42 Å². The molecule has 45 valence electrons. The van der Waals surface area contributed by atoms with Gasteiger partial charge >= 0.3 is 0 Å². The summed E-state index contributed by atoms with van der Waals surface area (Å²) < 4.78 is 0. The van der Waals surface area contributed by atoms with Crippen LogP contribution >= 0.6 is 0 Å². The van der Waals surface area contributed by atoms with Crippen LogP contribution in [0.1, 0.15) is 32.1 Å². The highest BCUT2D eigenvalue weighted by molar-refractivity contribution is 5.50. The van der Waals surface area contributed by atoms with Gasteiger partial charge in [0.25, 0.3) is 0 Å². The molecule has 0 atom stereocenters. The van der Waals surface area contributed by atoms with Gasteiger partial charge in [0.2, 0.25) is 0 Å². The van der Waals surface area contributed by atoms with E-state index in [1.807, 2.05) is 6.29 Å². The number of hydrogen-bond donors (Lipinski definition) is 0. The summed E-state index contributed by atoms with van der Waals surface area (Å²) in [5, 5.41) is 0. The van der Waals surface area contributed by atoms with Crippen LogP contribution in [0.25, 0.3) is 0 Å². The van der Waals surface area contributed by atoms with E-state index in [-0.39, 0.29) is 0 Å². The predicted molar refractivity (Wildman–Crippen MR) is 32.3 cm³/mol. The van der Waals surface area contributed by atoms with E-state index in [1.165, 1.54) is 25.7 Å². The van der Waals surface area contributed by atoms with E-state index in [1.54, 1.807) is 0 Å². The molecule has 1 aliphatic rings. The molecule has 0 aromatic heterocycles. The minimum Gasteiger partial charge on any atom is -0.291 e. The Labute approximate surface area is 50.1 Å². The third-order valence-electron chi connectivity index (χ3n) is 1.85. The van der Waals surface area contributed by atoms with E-state index >= 15 is 0 Å². The average Bonchev–Trinajstić information content (AvgIpc) is 2.19. The lowest BCUT2D eigenvalue weighted by Gasteiger charge is -1.98. The Balaban J connectivity index is 2.14. The van der Waals surface area contributed by atoms with Gasteiger partial charge in [0.05, 0.1) is 0 Å². The summed E-state index contributed by atoms with van der Waals surface area (Å²) >= 11 is 0. The highest BCUT2D eigenvalue weighted by atomic mass is 16.1. The summed E-state index contributed by atoms with van der Waals surface area (Å²) in [5.41, 5.74) is 0. The molecule has 1 fully saturated rings. The second-order valence-electron chi connectivity index (χ2n) is 2.50. The van der Waals surface area contributed by atoms with E-state index in [0.717, 1.165) is 0 Å². The van der Waals surface area contributed by atoms with Gasteiger partial charge in [0.1, 0.15) is 0 Å². The van der Waals surface area contributed by atoms with E-state index in [4.69, 9.17) is 0 Å². The largest absolute Gasteiger partial charge is 0.291 e. The molecule has 0 bridgehead atoms. The van der Waals surface area contributed by atoms with Gasteiger partial charge in [-0.2, -0.15) is 0 Å². The molecule has 0 aromatic carbocycles.